The monoisotopic (exact) mass is 682 g/mol. The van der Waals surface area contributed by atoms with Gasteiger partial charge in [0.2, 0.25) is 5.91 Å². The molecular formula is C31H29F3N8O3S2. The predicted molar refractivity (Wildman–Crippen MR) is 176 cm³/mol. The summed E-state index contributed by atoms with van der Waals surface area (Å²) in [5.74, 6) is 0.751. The zero-order valence-electron chi connectivity index (χ0n) is 25.2. The molecule has 0 aliphatic carbocycles. The lowest BCUT2D eigenvalue weighted by Gasteiger charge is -2.44. The Bertz CT molecular complexity index is 2080. The van der Waals surface area contributed by atoms with Crippen LogP contribution in [0.2, 0.25) is 0 Å². The molecule has 47 heavy (non-hydrogen) atoms. The number of aromatic nitrogens is 5. The number of nitrogens with two attached hydrogens (primary N) is 1. The quantitative estimate of drug-likeness (QED) is 0.241. The number of benzene rings is 1. The van der Waals surface area contributed by atoms with Crippen molar-refractivity contribution in [3.63, 3.8) is 0 Å². The number of thioether (sulfide) groups is 1. The summed E-state index contributed by atoms with van der Waals surface area (Å²) >= 11 is 2.38. The van der Waals surface area contributed by atoms with Crippen molar-refractivity contribution >= 4 is 62.0 Å². The van der Waals surface area contributed by atoms with Crippen LogP contribution in [0.15, 0.2) is 58.3 Å². The molecule has 2 aliphatic rings. The molecule has 2 aliphatic heterocycles. The number of piperazine rings is 1. The van der Waals surface area contributed by atoms with Crippen LogP contribution in [0.25, 0.3) is 32.4 Å². The number of amides is 1. The number of alkyl halides is 3. The van der Waals surface area contributed by atoms with Crippen LogP contribution in [0.5, 0.6) is 5.75 Å². The molecule has 0 radical (unpaired) electrons. The highest BCUT2D eigenvalue weighted by Gasteiger charge is 2.40. The van der Waals surface area contributed by atoms with E-state index in [0.717, 1.165) is 6.07 Å². The minimum absolute atomic E-state index is 0.0558. The summed E-state index contributed by atoms with van der Waals surface area (Å²) in [4.78, 5) is 46.4. The summed E-state index contributed by atoms with van der Waals surface area (Å²) < 4.78 is 53.2. The minimum Gasteiger partial charge on any atom is -0.488 e. The fourth-order valence-electron chi connectivity index (χ4n) is 6.58. The largest absolute Gasteiger partial charge is 0.488 e. The van der Waals surface area contributed by atoms with Gasteiger partial charge in [-0.2, -0.15) is 18.2 Å². The van der Waals surface area contributed by atoms with Crippen LogP contribution in [-0.2, 0) is 17.5 Å². The fourth-order valence-corrected chi connectivity index (χ4v) is 8.73. The number of fused-ring (bicyclic) bond motifs is 1. The summed E-state index contributed by atoms with van der Waals surface area (Å²) in [7, 11) is 0. The number of carbonyl (C=O) groups is 1. The minimum atomic E-state index is -4.77. The van der Waals surface area contributed by atoms with Crippen LogP contribution in [0.1, 0.15) is 19.4 Å². The van der Waals surface area contributed by atoms with Gasteiger partial charge in [0.15, 0.2) is 5.95 Å². The molecule has 0 bridgehead atoms. The van der Waals surface area contributed by atoms with E-state index in [4.69, 9.17) is 10.5 Å². The molecule has 11 nitrogen and oxygen atoms in total. The summed E-state index contributed by atoms with van der Waals surface area (Å²) in [5, 5.41) is 1.81. The van der Waals surface area contributed by atoms with Crippen molar-refractivity contribution in [1.82, 2.24) is 29.4 Å². The van der Waals surface area contributed by atoms with Gasteiger partial charge in [-0.3, -0.25) is 14.3 Å². The maximum Gasteiger partial charge on any atom is 0.417 e. The van der Waals surface area contributed by atoms with E-state index >= 15 is 13.2 Å². The lowest BCUT2D eigenvalue weighted by atomic mass is 9.97. The van der Waals surface area contributed by atoms with Crippen molar-refractivity contribution in [1.29, 1.82) is 0 Å². The number of halogens is 3. The topological polar surface area (TPSA) is 135 Å². The van der Waals surface area contributed by atoms with Gasteiger partial charge in [0, 0.05) is 70.1 Å². The van der Waals surface area contributed by atoms with E-state index in [1.165, 1.54) is 33.7 Å². The number of aromatic amines is 1. The first-order valence-electron chi connectivity index (χ1n) is 14.8. The van der Waals surface area contributed by atoms with Crippen LogP contribution >= 0.6 is 23.1 Å². The number of rotatable bonds is 5. The van der Waals surface area contributed by atoms with Crippen molar-refractivity contribution in [3.8, 4) is 16.9 Å². The average molecular weight is 683 g/mol. The Balaban J connectivity index is 1.48. The Hall–Kier alpha value is -4.57. The standard InChI is InChI=1S/C31H29F3N8O3S2/c1-4-22(43)42-15(2)10-40(11-16(42)3)27-19-9-21(31(32,33)34)23(20-14-47-28-24(20)37-29(35)39-28)26-25(19)41(30(44)38-27)12-18(13-46-26)45-17-5-7-36-8-6-17/h4-9,14-16,18H,1,10-13H2,2-3H3,(H3,35,37,39)/t15-,16+,18?. The van der Waals surface area contributed by atoms with E-state index in [9.17, 15) is 9.59 Å². The molecule has 5 aromatic rings. The molecule has 1 unspecified atom stereocenters. The van der Waals surface area contributed by atoms with E-state index in [0.29, 0.717) is 21.6 Å². The van der Waals surface area contributed by atoms with E-state index in [2.05, 4.69) is 26.5 Å². The molecule has 1 saturated heterocycles. The zero-order chi connectivity index (χ0) is 33.2. The average Bonchev–Trinajstić information content (AvgIpc) is 3.51. The Morgan fingerprint density at radius 1 is 1.17 bits per heavy atom. The van der Waals surface area contributed by atoms with Crippen molar-refractivity contribution in [2.24, 2.45) is 0 Å². The molecular weight excluding hydrogens is 654 g/mol. The second kappa shape index (κ2) is 11.6. The lowest BCUT2D eigenvalue weighted by Crippen LogP contribution is -2.58. The van der Waals surface area contributed by atoms with E-state index in [1.54, 1.807) is 39.7 Å². The van der Waals surface area contributed by atoms with E-state index < -0.39 is 23.5 Å². The molecule has 1 aromatic carbocycles. The van der Waals surface area contributed by atoms with E-state index in [1.807, 2.05) is 13.8 Å². The SMILES string of the molecule is C=CC(=O)N1[C@H](C)CN(c2nc(=O)n3c4c(c(-c5csc6nc(N)[nH]c56)c(C(F)(F)F)cc24)SCC(Oc2ccncc2)C3)C[C@@H]1C. The molecule has 1 amide bonds. The second-order valence-electron chi connectivity index (χ2n) is 11.6. The molecule has 0 spiro atoms. The molecule has 1 fully saturated rings. The highest BCUT2D eigenvalue weighted by Crippen LogP contribution is 2.50. The first kappa shape index (κ1) is 31.1. The third-order valence-corrected chi connectivity index (χ3v) is 10.5. The number of imidazole rings is 1. The Kier molecular flexibility index (Phi) is 7.66. The Labute approximate surface area is 274 Å². The van der Waals surface area contributed by atoms with Crippen molar-refractivity contribution in [2.75, 3.05) is 29.5 Å². The number of hydrogen-bond donors (Lipinski definition) is 2. The lowest BCUT2D eigenvalue weighted by molar-refractivity contribution is -0.137. The van der Waals surface area contributed by atoms with Gasteiger partial charge >= 0.3 is 11.9 Å². The number of anilines is 2. The number of nitrogens with one attached hydrogen (secondary N) is 1. The summed E-state index contributed by atoms with van der Waals surface area (Å²) in [6, 6.07) is 3.81. The van der Waals surface area contributed by atoms with Crippen LogP contribution in [0.4, 0.5) is 24.9 Å². The third-order valence-electron chi connectivity index (χ3n) is 8.42. The molecule has 3 N–H and O–H groups in total. The van der Waals surface area contributed by atoms with Crippen molar-refractivity contribution in [2.45, 2.75) is 49.7 Å². The van der Waals surface area contributed by atoms with Gasteiger partial charge < -0.3 is 25.3 Å². The van der Waals surface area contributed by atoms with Crippen LogP contribution < -0.4 is 21.1 Å². The number of carbonyl (C=O) groups excluding carboxylic acids is 1. The maximum atomic E-state index is 15.2. The Morgan fingerprint density at radius 3 is 2.57 bits per heavy atom. The second-order valence-corrected chi connectivity index (χ2v) is 13.5. The Morgan fingerprint density at radius 2 is 1.89 bits per heavy atom. The van der Waals surface area contributed by atoms with Gasteiger partial charge in [-0.25, -0.2) is 9.78 Å². The third kappa shape index (κ3) is 5.38. The molecule has 244 valence electrons. The van der Waals surface area contributed by atoms with Crippen molar-refractivity contribution in [3.05, 3.63) is 64.7 Å². The summed E-state index contributed by atoms with van der Waals surface area (Å²) in [5.41, 5.74) is 5.36. The van der Waals surface area contributed by atoms with Crippen LogP contribution in [0, 0.1) is 0 Å². The zero-order valence-corrected chi connectivity index (χ0v) is 26.9. The van der Waals surface area contributed by atoms with Crippen LogP contribution in [-0.4, -0.2) is 72.3 Å². The predicted octanol–water partition coefficient (Wildman–Crippen LogP) is 5.16. The molecule has 3 atom stereocenters. The van der Waals surface area contributed by atoms with Gasteiger partial charge in [0.05, 0.1) is 23.1 Å². The first-order chi connectivity index (χ1) is 22.4. The number of H-pyrrole nitrogens is 1. The smallest absolute Gasteiger partial charge is 0.417 e. The normalized spacial score (nSPS) is 20.1. The van der Waals surface area contributed by atoms with Gasteiger partial charge in [-0.05, 0) is 38.1 Å². The number of nitrogens with zero attached hydrogens (tertiary/aromatic N) is 6. The summed E-state index contributed by atoms with van der Waals surface area (Å²) in [6.07, 6.45) is -0.959. The summed E-state index contributed by atoms with van der Waals surface area (Å²) in [6.45, 7) is 7.86. The van der Waals surface area contributed by atoms with E-state index in [-0.39, 0.29) is 76.6 Å². The molecule has 7 rings (SSSR count). The molecule has 16 heteroatoms. The highest BCUT2D eigenvalue weighted by molar-refractivity contribution is 7.99. The van der Waals surface area contributed by atoms with Gasteiger partial charge in [0.25, 0.3) is 0 Å². The van der Waals surface area contributed by atoms with Crippen molar-refractivity contribution < 1.29 is 22.7 Å². The number of ether oxygens (including phenoxy) is 1. The number of pyridine rings is 1. The number of nitrogen functional groups attached to an aromatic ring is 1. The fraction of sp³-hybridized carbons (Fsp3) is 0.323. The van der Waals surface area contributed by atoms with Gasteiger partial charge in [0.1, 0.15) is 22.5 Å². The first-order valence-corrected chi connectivity index (χ1v) is 16.6. The molecule has 6 heterocycles. The van der Waals surface area contributed by atoms with Gasteiger partial charge in [-0.15, -0.1) is 23.1 Å². The van der Waals surface area contributed by atoms with Gasteiger partial charge in [-0.1, -0.05) is 6.58 Å². The number of thiophene rings is 1. The van der Waals surface area contributed by atoms with Crippen LogP contribution in [0.3, 0.4) is 0 Å². The maximum absolute atomic E-state index is 15.2. The highest BCUT2D eigenvalue weighted by atomic mass is 32.2. The number of hydrogen-bond acceptors (Lipinski definition) is 10. The molecule has 0 saturated carbocycles. The molecule has 4 aromatic heterocycles.